The first-order valence-electron chi connectivity index (χ1n) is 8.94. The third-order valence-corrected chi connectivity index (χ3v) is 4.04. The fraction of sp³-hybridized carbons (Fsp3) is 0.0952. The zero-order valence-corrected chi connectivity index (χ0v) is 16.6. The van der Waals surface area contributed by atoms with Crippen LogP contribution < -0.4 is 11.1 Å². The van der Waals surface area contributed by atoms with E-state index in [1.54, 1.807) is 24.5 Å². The second-order valence-corrected chi connectivity index (χ2v) is 6.26. The van der Waals surface area contributed by atoms with Gasteiger partial charge in [0.25, 0.3) is 0 Å². The Labute approximate surface area is 185 Å². The molecule has 0 amide bonds. The van der Waals surface area contributed by atoms with Gasteiger partial charge in [0, 0.05) is 24.5 Å². The number of nitrogens with one attached hydrogen (secondary N) is 1. The molecule has 0 atom stereocenters. The summed E-state index contributed by atoms with van der Waals surface area (Å²) < 4.78 is 31.7. The number of nitrogens with two attached hydrogens (primary N) is 1. The van der Waals surface area contributed by atoms with Crippen LogP contribution in [-0.2, 0) is 11.3 Å². The highest BCUT2D eigenvalue weighted by Gasteiger charge is 2.38. The van der Waals surface area contributed by atoms with Crippen molar-refractivity contribution in [1.82, 2.24) is 9.97 Å². The molecule has 5 N–H and O–H groups in total. The molecule has 0 unspecified atom stereocenters. The van der Waals surface area contributed by atoms with E-state index in [1.807, 2.05) is 18.2 Å². The first kappa shape index (κ1) is 24.4. The number of pyridine rings is 2. The highest BCUT2D eigenvalue weighted by molar-refractivity contribution is 5.85. The van der Waals surface area contributed by atoms with Gasteiger partial charge in [-0.3, -0.25) is 4.98 Å². The van der Waals surface area contributed by atoms with Gasteiger partial charge in [0.15, 0.2) is 0 Å². The Hall–Kier alpha value is -4.84. The number of hydrogen-bond donors (Lipinski definition) is 4. The number of carboxylic acid groups (broad SMARTS) is 1. The lowest BCUT2D eigenvalue weighted by atomic mass is 9.96. The normalized spacial score (nSPS) is 10.2. The van der Waals surface area contributed by atoms with Gasteiger partial charge < -0.3 is 21.3 Å². The van der Waals surface area contributed by atoms with Gasteiger partial charge in [-0.05, 0) is 35.4 Å². The van der Waals surface area contributed by atoms with E-state index in [0.717, 1.165) is 5.56 Å². The van der Waals surface area contributed by atoms with Gasteiger partial charge in [-0.1, -0.05) is 12.1 Å². The van der Waals surface area contributed by atoms with E-state index < -0.39 is 12.1 Å². The van der Waals surface area contributed by atoms with Crippen molar-refractivity contribution in [3.63, 3.8) is 0 Å². The van der Waals surface area contributed by atoms with E-state index in [-0.39, 0.29) is 28.5 Å². The molecule has 0 radical (unpaired) electrons. The highest BCUT2D eigenvalue weighted by Crippen LogP contribution is 2.35. The monoisotopic (exact) mass is 456 g/mol. The molecule has 3 rings (SSSR count). The fourth-order valence-corrected chi connectivity index (χ4v) is 2.59. The van der Waals surface area contributed by atoms with Crippen molar-refractivity contribution in [2.24, 2.45) is 0 Å². The number of nitriles is 2. The smallest absolute Gasteiger partial charge is 0.490 e. The van der Waals surface area contributed by atoms with Crippen LogP contribution >= 0.6 is 0 Å². The Morgan fingerprint density at radius 1 is 1.12 bits per heavy atom. The van der Waals surface area contributed by atoms with Gasteiger partial charge in [-0.15, -0.1) is 0 Å². The number of carbonyl (C=O) groups is 1. The molecule has 3 aromatic rings. The van der Waals surface area contributed by atoms with Crippen LogP contribution in [0.1, 0.15) is 16.7 Å². The van der Waals surface area contributed by atoms with Crippen LogP contribution in [-0.4, -0.2) is 32.3 Å². The largest absolute Gasteiger partial charge is 0.508 e. The van der Waals surface area contributed by atoms with Gasteiger partial charge >= 0.3 is 12.1 Å². The predicted octanol–water partition coefficient (Wildman–Crippen LogP) is 3.42. The SMILES string of the molecule is N#Cc1c(N)nc(NCc2ccncc2)c(C#N)c1-c1cccc(O)c1.O=C(O)C(F)(F)F. The van der Waals surface area contributed by atoms with E-state index in [0.29, 0.717) is 17.7 Å². The molecule has 12 heteroatoms. The number of hydrogen-bond acceptors (Lipinski definition) is 8. The number of phenols is 1. The Morgan fingerprint density at radius 3 is 2.24 bits per heavy atom. The molecule has 0 bridgehead atoms. The quantitative estimate of drug-likeness (QED) is 0.459. The number of phenolic OH excluding ortho intramolecular Hbond substituents is 1. The lowest BCUT2D eigenvalue weighted by Crippen LogP contribution is -2.21. The Morgan fingerprint density at radius 2 is 1.73 bits per heavy atom. The summed E-state index contributed by atoms with van der Waals surface area (Å²) in [6.07, 6.45) is -1.75. The summed E-state index contributed by atoms with van der Waals surface area (Å²) in [7, 11) is 0. The van der Waals surface area contributed by atoms with Crippen molar-refractivity contribution in [1.29, 1.82) is 10.5 Å². The molecule has 0 spiro atoms. The molecule has 168 valence electrons. The zero-order valence-electron chi connectivity index (χ0n) is 16.6. The molecule has 33 heavy (non-hydrogen) atoms. The van der Waals surface area contributed by atoms with Crippen LogP contribution in [0.25, 0.3) is 11.1 Å². The van der Waals surface area contributed by atoms with Crippen LogP contribution in [0.15, 0.2) is 48.8 Å². The highest BCUT2D eigenvalue weighted by atomic mass is 19.4. The number of nitrogen functional groups attached to an aromatic ring is 1. The first-order valence-corrected chi connectivity index (χ1v) is 8.94. The van der Waals surface area contributed by atoms with Crippen molar-refractivity contribution >= 4 is 17.6 Å². The molecular weight excluding hydrogens is 441 g/mol. The minimum atomic E-state index is -5.08. The van der Waals surface area contributed by atoms with E-state index in [9.17, 15) is 28.8 Å². The Kier molecular flexibility index (Phi) is 7.74. The summed E-state index contributed by atoms with van der Waals surface area (Å²) in [5, 5.41) is 39.1. The number of halogens is 3. The van der Waals surface area contributed by atoms with Crippen LogP contribution in [0.2, 0.25) is 0 Å². The maximum atomic E-state index is 10.6. The summed E-state index contributed by atoms with van der Waals surface area (Å²) >= 11 is 0. The molecule has 0 aliphatic rings. The van der Waals surface area contributed by atoms with E-state index in [1.165, 1.54) is 12.1 Å². The Balaban J connectivity index is 0.000000479. The minimum Gasteiger partial charge on any atom is -0.508 e. The van der Waals surface area contributed by atoms with Crippen molar-refractivity contribution in [3.8, 4) is 29.0 Å². The van der Waals surface area contributed by atoms with Crippen molar-refractivity contribution < 1.29 is 28.2 Å². The van der Waals surface area contributed by atoms with Crippen LogP contribution in [0.3, 0.4) is 0 Å². The number of aliphatic carboxylic acids is 1. The summed E-state index contributed by atoms with van der Waals surface area (Å²) in [5.41, 5.74) is 8.04. The second-order valence-electron chi connectivity index (χ2n) is 6.26. The molecule has 0 saturated heterocycles. The first-order chi connectivity index (χ1) is 15.6. The maximum Gasteiger partial charge on any atom is 0.490 e. The van der Waals surface area contributed by atoms with Crippen LogP contribution in [0, 0.1) is 22.7 Å². The molecule has 9 nitrogen and oxygen atoms in total. The number of anilines is 2. The number of carboxylic acids is 1. The zero-order chi connectivity index (χ0) is 24.6. The van der Waals surface area contributed by atoms with E-state index in [2.05, 4.69) is 21.4 Å². The van der Waals surface area contributed by atoms with Crippen LogP contribution in [0.5, 0.6) is 5.75 Å². The van der Waals surface area contributed by atoms with Crippen LogP contribution in [0.4, 0.5) is 24.8 Å². The molecular formula is C21H15F3N6O3. The standard InChI is InChI=1S/C19H14N6O.C2HF3O2/c20-9-15-17(13-2-1-3-14(26)8-13)16(10-21)19(25-18(15)22)24-11-12-4-6-23-7-5-12;3-2(4,5)1(6)7/h1-8,26H,11H2,(H3,22,24,25);(H,6,7). The number of benzene rings is 1. The Bertz CT molecular complexity index is 1230. The van der Waals surface area contributed by atoms with E-state index in [4.69, 9.17) is 15.6 Å². The molecule has 2 heterocycles. The molecule has 2 aromatic heterocycles. The number of alkyl halides is 3. The molecule has 1 aromatic carbocycles. The van der Waals surface area contributed by atoms with Gasteiger partial charge in [-0.2, -0.15) is 23.7 Å². The third-order valence-electron chi connectivity index (χ3n) is 4.04. The number of aromatic hydroxyl groups is 1. The molecule has 0 fully saturated rings. The van der Waals surface area contributed by atoms with Crippen molar-refractivity contribution in [3.05, 3.63) is 65.5 Å². The van der Waals surface area contributed by atoms with Gasteiger partial charge in [0.05, 0.1) is 0 Å². The van der Waals surface area contributed by atoms with Gasteiger partial charge in [0.2, 0.25) is 0 Å². The average Bonchev–Trinajstić information content (AvgIpc) is 2.77. The number of rotatable bonds is 4. The number of nitrogens with zero attached hydrogens (tertiary/aromatic N) is 4. The third kappa shape index (κ3) is 6.32. The summed E-state index contributed by atoms with van der Waals surface area (Å²) in [6.45, 7) is 0.412. The average molecular weight is 456 g/mol. The molecule has 0 aliphatic heterocycles. The fourth-order valence-electron chi connectivity index (χ4n) is 2.59. The molecule has 0 saturated carbocycles. The van der Waals surface area contributed by atoms with Gasteiger partial charge in [-0.25, -0.2) is 9.78 Å². The van der Waals surface area contributed by atoms with Crippen molar-refractivity contribution in [2.75, 3.05) is 11.1 Å². The maximum absolute atomic E-state index is 10.6. The predicted molar refractivity (Wildman–Crippen MR) is 110 cm³/mol. The summed E-state index contributed by atoms with van der Waals surface area (Å²) in [4.78, 5) is 17.0. The topological polar surface area (TPSA) is 169 Å². The minimum absolute atomic E-state index is 0.0158. The van der Waals surface area contributed by atoms with Gasteiger partial charge in [0.1, 0.15) is 40.7 Å². The lowest BCUT2D eigenvalue weighted by Gasteiger charge is -2.14. The summed E-state index contributed by atoms with van der Waals surface area (Å²) in [6, 6.07) is 14.1. The number of aromatic nitrogens is 2. The lowest BCUT2D eigenvalue weighted by molar-refractivity contribution is -0.192. The van der Waals surface area contributed by atoms with E-state index >= 15 is 0 Å². The summed E-state index contributed by atoms with van der Waals surface area (Å²) in [5.74, 6) is -2.44. The second kappa shape index (κ2) is 10.5. The molecule has 0 aliphatic carbocycles. The van der Waals surface area contributed by atoms with Crippen molar-refractivity contribution in [2.45, 2.75) is 12.7 Å².